The lowest BCUT2D eigenvalue weighted by atomic mass is 10.2. The average Bonchev–Trinajstić information content (AvgIpc) is 2.31. The molecule has 2 heterocycles. The van der Waals surface area contributed by atoms with E-state index in [0.717, 1.165) is 4.47 Å². The molecule has 0 fully saturated rings. The summed E-state index contributed by atoms with van der Waals surface area (Å²) in [6.45, 7) is 1.78. The number of aryl methyl sites for hydroxylation is 1. The van der Waals surface area contributed by atoms with Crippen LogP contribution in [-0.4, -0.2) is 15.9 Å². The molecular formula is C12H9BrClN3O. The van der Waals surface area contributed by atoms with E-state index >= 15 is 0 Å². The quantitative estimate of drug-likeness (QED) is 0.860. The lowest BCUT2D eigenvalue weighted by Gasteiger charge is -2.07. The normalized spacial score (nSPS) is 10.2. The Morgan fingerprint density at radius 3 is 2.89 bits per heavy atom. The van der Waals surface area contributed by atoms with E-state index in [1.807, 2.05) is 0 Å². The summed E-state index contributed by atoms with van der Waals surface area (Å²) in [7, 11) is 0. The van der Waals surface area contributed by atoms with Crippen LogP contribution in [0.4, 0.5) is 5.69 Å². The molecule has 18 heavy (non-hydrogen) atoms. The molecule has 2 aromatic heterocycles. The van der Waals surface area contributed by atoms with Crippen molar-refractivity contribution in [3.63, 3.8) is 0 Å². The zero-order valence-electron chi connectivity index (χ0n) is 9.45. The van der Waals surface area contributed by atoms with Crippen molar-refractivity contribution in [3.05, 3.63) is 51.5 Å². The second-order valence-corrected chi connectivity index (χ2v) is 4.87. The number of anilines is 1. The molecule has 0 saturated carbocycles. The Kier molecular flexibility index (Phi) is 3.93. The number of halogens is 2. The van der Waals surface area contributed by atoms with Crippen molar-refractivity contribution in [2.45, 2.75) is 6.92 Å². The second kappa shape index (κ2) is 5.46. The summed E-state index contributed by atoms with van der Waals surface area (Å²) in [5, 5.41) is 3.07. The highest BCUT2D eigenvalue weighted by molar-refractivity contribution is 9.10. The Morgan fingerprint density at radius 1 is 1.44 bits per heavy atom. The zero-order valence-corrected chi connectivity index (χ0v) is 11.8. The van der Waals surface area contributed by atoms with E-state index in [1.165, 1.54) is 6.07 Å². The molecule has 6 heteroatoms. The fourth-order valence-corrected chi connectivity index (χ4v) is 2.03. The number of carbonyl (C=O) groups excluding carboxylic acids is 1. The molecule has 1 amide bonds. The van der Waals surface area contributed by atoms with Crippen LogP contribution in [0.3, 0.4) is 0 Å². The Bertz CT molecular complexity index is 583. The number of nitrogens with one attached hydrogen (secondary N) is 1. The van der Waals surface area contributed by atoms with Gasteiger partial charge in [-0.1, -0.05) is 11.6 Å². The van der Waals surface area contributed by atoms with Crippen molar-refractivity contribution < 1.29 is 4.79 Å². The Balaban J connectivity index is 2.25. The van der Waals surface area contributed by atoms with Crippen LogP contribution < -0.4 is 5.32 Å². The summed E-state index contributed by atoms with van der Waals surface area (Å²) in [4.78, 5) is 20.0. The van der Waals surface area contributed by atoms with Crippen LogP contribution in [0.25, 0.3) is 0 Å². The molecule has 0 atom stereocenters. The molecule has 2 aromatic rings. The second-order valence-electron chi connectivity index (χ2n) is 3.63. The lowest BCUT2D eigenvalue weighted by molar-refractivity contribution is 0.102. The van der Waals surface area contributed by atoms with E-state index in [0.29, 0.717) is 22.1 Å². The van der Waals surface area contributed by atoms with E-state index in [1.54, 1.807) is 31.5 Å². The number of carbonyl (C=O) groups is 1. The predicted octanol–water partition coefficient (Wildman–Crippen LogP) is 3.45. The first-order valence-corrected chi connectivity index (χ1v) is 6.28. The number of nitrogens with zero attached hydrogens (tertiary/aromatic N) is 2. The van der Waals surface area contributed by atoms with Gasteiger partial charge in [0, 0.05) is 23.7 Å². The molecule has 0 unspecified atom stereocenters. The zero-order chi connectivity index (χ0) is 13.1. The maximum absolute atomic E-state index is 12.0. The third kappa shape index (κ3) is 3.05. The van der Waals surface area contributed by atoms with Gasteiger partial charge in [0.1, 0.15) is 5.15 Å². The van der Waals surface area contributed by atoms with E-state index in [-0.39, 0.29) is 5.91 Å². The van der Waals surface area contributed by atoms with Crippen molar-refractivity contribution in [2.24, 2.45) is 0 Å². The SMILES string of the molecule is Cc1cc(C(=O)Nc2ccncc2Br)cc(Cl)n1. The summed E-state index contributed by atoms with van der Waals surface area (Å²) >= 11 is 9.13. The minimum Gasteiger partial charge on any atom is -0.321 e. The average molecular weight is 327 g/mol. The highest BCUT2D eigenvalue weighted by Crippen LogP contribution is 2.21. The van der Waals surface area contributed by atoms with Crippen molar-refractivity contribution in [3.8, 4) is 0 Å². The molecule has 0 aromatic carbocycles. The number of aromatic nitrogens is 2. The molecule has 0 aliphatic carbocycles. The summed E-state index contributed by atoms with van der Waals surface area (Å²) in [6.07, 6.45) is 3.21. The fraction of sp³-hybridized carbons (Fsp3) is 0.0833. The fourth-order valence-electron chi connectivity index (χ4n) is 1.43. The molecule has 92 valence electrons. The van der Waals surface area contributed by atoms with Gasteiger partial charge in [-0.2, -0.15) is 0 Å². The van der Waals surface area contributed by atoms with Gasteiger partial charge in [-0.3, -0.25) is 9.78 Å². The van der Waals surface area contributed by atoms with Gasteiger partial charge < -0.3 is 5.32 Å². The molecular weight excluding hydrogens is 318 g/mol. The van der Waals surface area contributed by atoms with Crippen LogP contribution in [0.5, 0.6) is 0 Å². The topological polar surface area (TPSA) is 54.9 Å². The largest absolute Gasteiger partial charge is 0.321 e. The number of hydrogen-bond acceptors (Lipinski definition) is 3. The summed E-state index contributed by atoms with van der Waals surface area (Å²) < 4.78 is 0.718. The molecule has 0 saturated heterocycles. The highest BCUT2D eigenvalue weighted by atomic mass is 79.9. The standard InChI is InChI=1S/C12H9BrClN3O/c1-7-4-8(5-11(14)16-7)12(18)17-10-2-3-15-6-9(10)13/h2-6H,1H3,(H,15,17,18). The Labute approximate surface area is 118 Å². The summed E-state index contributed by atoms with van der Waals surface area (Å²) in [6, 6.07) is 4.91. The molecule has 0 aliphatic rings. The number of hydrogen-bond donors (Lipinski definition) is 1. The van der Waals surface area contributed by atoms with Crippen molar-refractivity contribution in [2.75, 3.05) is 5.32 Å². The maximum atomic E-state index is 12.0. The summed E-state index contributed by atoms with van der Waals surface area (Å²) in [5.41, 5.74) is 1.82. The van der Waals surface area contributed by atoms with Gasteiger partial charge in [-0.05, 0) is 41.1 Å². The van der Waals surface area contributed by atoms with Gasteiger partial charge in [0.25, 0.3) is 5.91 Å². The lowest BCUT2D eigenvalue weighted by Crippen LogP contribution is -2.13. The molecule has 0 radical (unpaired) electrons. The maximum Gasteiger partial charge on any atom is 0.255 e. The van der Waals surface area contributed by atoms with Crippen LogP contribution in [0.1, 0.15) is 16.1 Å². The van der Waals surface area contributed by atoms with Crippen LogP contribution in [0.15, 0.2) is 35.1 Å². The minimum absolute atomic E-state index is 0.241. The van der Waals surface area contributed by atoms with Gasteiger partial charge in [-0.15, -0.1) is 0 Å². The third-order valence-corrected chi connectivity index (χ3v) is 3.03. The van der Waals surface area contributed by atoms with E-state index in [4.69, 9.17) is 11.6 Å². The monoisotopic (exact) mass is 325 g/mol. The Hall–Kier alpha value is -1.46. The molecule has 1 N–H and O–H groups in total. The highest BCUT2D eigenvalue weighted by Gasteiger charge is 2.10. The van der Waals surface area contributed by atoms with Gasteiger partial charge in [0.05, 0.1) is 10.2 Å². The van der Waals surface area contributed by atoms with Crippen molar-refractivity contribution >= 4 is 39.1 Å². The first kappa shape index (κ1) is 13.0. The summed E-state index contributed by atoms with van der Waals surface area (Å²) in [5.74, 6) is -0.241. The first-order valence-electron chi connectivity index (χ1n) is 5.11. The molecule has 0 spiro atoms. The van der Waals surface area contributed by atoms with E-state index < -0.39 is 0 Å². The van der Waals surface area contributed by atoms with Crippen molar-refractivity contribution in [1.82, 2.24) is 9.97 Å². The third-order valence-electron chi connectivity index (χ3n) is 2.20. The van der Waals surface area contributed by atoms with Crippen LogP contribution in [0, 0.1) is 6.92 Å². The van der Waals surface area contributed by atoms with Gasteiger partial charge in [-0.25, -0.2) is 4.98 Å². The molecule has 4 nitrogen and oxygen atoms in total. The number of rotatable bonds is 2. The molecule has 0 bridgehead atoms. The number of amides is 1. The van der Waals surface area contributed by atoms with E-state index in [2.05, 4.69) is 31.2 Å². The van der Waals surface area contributed by atoms with Gasteiger partial charge >= 0.3 is 0 Å². The first-order chi connectivity index (χ1) is 8.56. The van der Waals surface area contributed by atoms with Crippen LogP contribution in [-0.2, 0) is 0 Å². The van der Waals surface area contributed by atoms with Gasteiger partial charge in [0.15, 0.2) is 0 Å². The molecule has 2 rings (SSSR count). The smallest absolute Gasteiger partial charge is 0.255 e. The minimum atomic E-state index is -0.241. The number of pyridine rings is 2. The van der Waals surface area contributed by atoms with Gasteiger partial charge in [0.2, 0.25) is 0 Å². The predicted molar refractivity (Wildman–Crippen MR) is 73.9 cm³/mol. The van der Waals surface area contributed by atoms with E-state index in [9.17, 15) is 4.79 Å². The van der Waals surface area contributed by atoms with Crippen LogP contribution >= 0.6 is 27.5 Å². The molecule has 0 aliphatic heterocycles. The van der Waals surface area contributed by atoms with Crippen LogP contribution in [0.2, 0.25) is 5.15 Å². The Morgan fingerprint density at radius 2 is 2.22 bits per heavy atom. The van der Waals surface area contributed by atoms with Crippen molar-refractivity contribution in [1.29, 1.82) is 0 Å².